The number of hydrogen-bond donors (Lipinski definition) is 2. The van der Waals surface area contributed by atoms with Crippen molar-refractivity contribution in [1.29, 1.82) is 0 Å². The van der Waals surface area contributed by atoms with Gasteiger partial charge in [0, 0.05) is 12.2 Å². The lowest BCUT2D eigenvalue weighted by atomic mass is 10.0. The molecule has 2 aromatic rings. The molecule has 1 aliphatic rings. The number of carbonyl (C=O) groups is 2. The maximum Gasteiger partial charge on any atom is 0.259 e. The van der Waals surface area contributed by atoms with Gasteiger partial charge >= 0.3 is 0 Å². The molecule has 1 unspecified atom stereocenters. The van der Waals surface area contributed by atoms with Gasteiger partial charge in [0.05, 0.1) is 23.3 Å². The molecule has 0 saturated carbocycles. The molecule has 3 rings (SSSR count). The maximum atomic E-state index is 14.2. The van der Waals surface area contributed by atoms with E-state index in [1.54, 1.807) is 13.8 Å². The molecule has 0 bridgehead atoms. The number of hydrogen-bond acceptors (Lipinski definition) is 5. The fourth-order valence-corrected chi connectivity index (χ4v) is 5.36. The van der Waals surface area contributed by atoms with Crippen LogP contribution in [0.5, 0.6) is 0 Å². The number of furan rings is 1. The number of rotatable bonds is 7. The number of nitrogens with one attached hydrogen (secondary N) is 2. The van der Waals surface area contributed by atoms with Crippen LogP contribution in [0.3, 0.4) is 0 Å². The van der Waals surface area contributed by atoms with Gasteiger partial charge < -0.3 is 15.1 Å². The molecule has 31 heavy (non-hydrogen) atoms. The highest BCUT2D eigenvalue weighted by Crippen LogP contribution is 2.25. The highest BCUT2D eigenvalue weighted by Gasteiger charge is 2.36. The molecule has 1 aromatic carbocycles. The summed E-state index contributed by atoms with van der Waals surface area (Å²) in [5, 5.41) is 5.13. The molecule has 1 fully saturated rings. The van der Waals surface area contributed by atoms with Crippen LogP contribution in [-0.2, 0) is 14.8 Å². The molecule has 8 nitrogen and oxygen atoms in total. The highest BCUT2D eigenvalue weighted by atomic mass is 32.2. The molecule has 0 aliphatic carbocycles. The summed E-state index contributed by atoms with van der Waals surface area (Å²) in [6.45, 7) is 3.69. The first kappa shape index (κ1) is 23.0. The summed E-state index contributed by atoms with van der Waals surface area (Å²) in [5.74, 6) is -1.31. The van der Waals surface area contributed by atoms with Crippen molar-refractivity contribution in [3.63, 3.8) is 0 Å². The lowest BCUT2D eigenvalue weighted by Gasteiger charge is -2.33. The third-order valence-electron chi connectivity index (χ3n) is 5.16. The fraction of sp³-hybridized carbons (Fsp3) is 0.429. The molecule has 2 N–H and O–H groups in total. The quantitative estimate of drug-likeness (QED) is 0.670. The summed E-state index contributed by atoms with van der Waals surface area (Å²) in [4.78, 5) is 25.2. The van der Waals surface area contributed by atoms with Crippen LogP contribution in [0.2, 0.25) is 0 Å². The Morgan fingerprint density at radius 2 is 2.00 bits per heavy atom. The van der Waals surface area contributed by atoms with Crippen molar-refractivity contribution in [1.82, 2.24) is 4.31 Å². The molecule has 168 valence electrons. The molecule has 2 amide bonds. The van der Waals surface area contributed by atoms with E-state index in [9.17, 15) is 22.4 Å². The summed E-state index contributed by atoms with van der Waals surface area (Å²) in [6, 6.07) is 4.44. The number of amides is 2. The first-order valence-corrected chi connectivity index (χ1v) is 11.8. The third-order valence-corrected chi connectivity index (χ3v) is 7.24. The van der Waals surface area contributed by atoms with Crippen molar-refractivity contribution in [2.75, 3.05) is 22.9 Å². The van der Waals surface area contributed by atoms with Crippen LogP contribution in [0.4, 0.5) is 15.8 Å². The van der Waals surface area contributed by atoms with E-state index < -0.39 is 33.7 Å². The van der Waals surface area contributed by atoms with Gasteiger partial charge in [0.2, 0.25) is 15.9 Å². The SMILES string of the molecule is CCCS(=O)(=O)N1CCCCC1C(=O)Nc1ccc(F)c(NC(=O)c2ccoc2C)c1. The minimum absolute atomic E-state index is 0.0169. The van der Waals surface area contributed by atoms with Crippen LogP contribution >= 0.6 is 0 Å². The van der Waals surface area contributed by atoms with E-state index in [1.807, 2.05) is 0 Å². The van der Waals surface area contributed by atoms with E-state index in [0.717, 1.165) is 12.5 Å². The normalized spacial score (nSPS) is 17.3. The summed E-state index contributed by atoms with van der Waals surface area (Å²) >= 11 is 0. The molecule has 0 radical (unpaired) electrons. The second-order valence-electron chi connectivity index (χ2n) is 7.47. The van der Waals surface area contributed by atoms with E-state index in [0.29, 0.717) is 31.6 Å². The number of carbonyl (C=O) groups excluding carboxylic acids is 2. The largest absolute Gasteiger partial charge is 0.469 e. The van der Waals surface area contributed by atoms with Crippen molar-refractivity contribution in [2.24, 2.45) is 0 Å². The van der Waals surface area contributed by atoms with Gasteiger partial charge in [-0.15, -0.1) is 0 Å². The Morgan fingerprint density at radius 3 is 2.68 bits per heavy atom. The average molecular weight is 452 g/mol. The lowest BCUT2D eigenvalue weighted by Crippen LogP contribution is -2.50. The van der Waals surface area contributed by atoms with E-state index in [2.05, 4.69) is 10.6 Å². The van der Waals surface area contributed by atoms with Gasteiger partial charge in [-0.25, -0.2) is 12.8 Å². The maximum absolute atomic E-state index is 14.2. The molecule has 0 spiro atoms. The second-order valence-corrected chi connectivity index (χ2v) is 9.51. The molecule has 1 aliphatic heterocycles. The van der Waals surface area contributed by atoms with E-state index >= 15 is 0 Å². The van der Waals surface area contributed by atoms with E-state index in [4.69, 9.17) is 4.42 Å². The van der Waals surface area contributed by atoms with Crippen molar-refractivity contribution < 1.29 is 26.8 Å². The number of nitrogens with zero attached hydrogens (tertiary/aromatic N) is 1. The monoisotopic (exact) mass is 451 g/mol. The number of aryl methyl sites for hydroxylation is 1. The number of anilines is 2. The molecular formula is C21H26FN3O5S. The topological polar surface area (TPSA) is 109 Å². The predicted octanol–water partition coefficient (Wildman–Crippen LogP) is 3.51. The molecule has 10 heteroatoms. The zero-order valence-corrected chi connectivity index (χ0v) is 18.3. The second kappa shape index (κ2) is 9.61. The smallest absolute Gasteiger partial charge is 0.259 e. The van der Waals surface area contributed by atoms with Crippen molar-refractivity contribution in [3.8, 4) is 0 Å². The minimum Gasteiger partial charge on any atom is -0.469 e. The van der Waals surface area contributed by atoms with E-state index in [1.165, 1.54) is 28.8 Å². The van der Waals surface area contributed by atoms with Gasteiger partial charge in [-0.05, 0) is 50.5 Å². The van der Waals surface area contributed by atoms with Crippen molar-refractivity contribution >= 4 is 33.2 Å². The van der Waals surface area contributed by atoms with E-state index in [-0.39, 0.29) is 22.7 Å². The first-order chi connectivity index (χ1) is 14.7. The Hall–Kier alpha value is -2.72. The zero-order chi connectivity index (χ0) is 22.6. The van der Waals surface area contributed by atoms with Crippen LogP contribution in [-0.4, -0.2) is 42.9 Å². The minimum atomic E-state index is -3.53. The standard InChI is InChI=1S/C21H26FN3O5S/c1-3-12-31(28,29)25-10-5-4-6-19(25)21(27)23-15-7-8-17(22)18(13-15)24-20(26)16-9-11-30-14(16)2/h7-9,11,13,19H,3-6,10,12H2,1-2H3,(H,23,27)(H,24,26). The lowest BCUT2D eigenvalue weighted by molar-refractivity contribution is -0.120. The number of halogens is 1. The Balaban J connectivity index is 1.76. The van der Waals surface area contributed by atoms with Gasteiger partial charge in [0.15, 0.2) is 0 Å². The predicted molar refractivity (Wildman–Crippen MR) is 115 cm³/mol. The number of sulfonamides is 1. The Bertz CT molecular complexity index is 1070. The molecular weight excluding hydrogens is 425 g/mol. The van der Waals surface area contributed by atoms with Gasteiger partial charge in [0.25, 0.3) is 5.91 Å². The van der Waals surface area contributed by atoms with Crippen molar-refractivity contribution in [2.45, 2.75) is 45.6 Å². The van der Waals surface area contributed by atoms with Crippen LogP contribution < -0.4 is 10.6 Å². The van der Waals surface area contributed by atoms with Crippen LogP contribution in [0, 0.1) is 12.7 Å². The van der Waals surface area contributed by atoms with Gasteiger partial charge in [-0.2, -0.15) is 4.31 Å². The average Bonchev–Trinajstić information content (AvgIpc) is 3.16. The molecule has 1 saturated heterocycles. The van der Waals surface area contributed by atoms with Crippen LogP contribution in [0.15, 0.2) is 34.9 Å². The summed E-state index contributed by atoms with van der Waals surface area (Å²) in [7, 11) is -3.53. The highest BCUT2D eigenvalue weighted by molar-refractivity contribution is 7.89. The summed E-state index contributed by atoms with van der Waals surface area (Å²) < 4.78 is 45.7. The van der Waals surface area contributed by atoms with Gasteiger partial charge in [-0.3, -0.25) is 9.59 Å². The van der Waals surface area contributed by atoms with Gasteiger partial charge in [0.1, 0.15) is 17.6 Å². The number of benzene rings is 1. The van der Waals surface area contributed by atoms with Crippen molar-refractivity contribution in [3.05, 3.63) is 47.7 Å². The third kappa shape index (κ3) is 5.31. The van der Waals surface area contributed by atoms with Gasteiger partial charge in [-0.1, -0.05) is 13.3 Å². The summed E-state index contributed by atoms with van der Waals surface area (Å²) in [6.07, 6.45) is 3.68. The molecule has 1 aromatic heterocycles. The fourth-order valence-electron chi connectivity index (χ4n) is 3.61. The Kier molecular flexibility index (Phi) is 7.11. The first-order valence-electron chi connectivity index (χ1n) is 10.2. The van der Waals surface area contributed by atoms with Crippen LogP contribution in [0.1, 0.15) is 48.7 Å². The molecule has 2 heterocycles. The molecule has 1 atom stereocenters. The Labute approximate surface area is 180 Å². The number of piperidine rings is 1. The Morgan fingerprint density at radius 1 is 1.23 bits per heavy atom. The summed E-state index contributed by atoms with van der Waals surface area (Å²) in [5.41, 5.74) is 0.416. The van der Waals surface area contributed by atoms with Crippen LogP contribution in [0.25, 0.3) is 0 Å². The zero-order valence-electron chi connectivity index (χ0n) is 17.5.